The lowest BCUT2D eigenvalue weighted by Crippen LogP contribution is -2.37. The predicted molar refractivity (Wildman–Crippen MR) is 68.3 cm³/mol. The highest BCUT2D eigenvalue weighted by atomic mass is 16.3. The summed E-state index contributed by atoms with van der Waals surface area (Å²) in [6, 6.07) is 5.80. The molecule has 0 heterocycles. The Morgan fingerprint density at radius 2 is 1.69 bits per heavy atom. The van der Waals surface area contributed by atoms with Crippen LogP contribution in [0.1, 0.15) is 43.5 Å². The highest BCUT2D eigenvalue weighted by molar-refractivity contribution is 5.32. The van der Waals surface area contributed by atoms with E-state index in [1.807, 2.05) is 26.8 Å². The second-order valence-electron chi connectivity index (χ2n) is 5.68. The molecular formula is C14H23NO. The van der Waals surface area contributed by atoms with Gasteiger partial charge in [-0.3, -0.25) is 0 Å². The van der Waals surface area contributed by atoms with E-state index in [0.29, 0.717) is 0 Å². The Bertz CT molecular complexity index is 365. The molecule has 0 fully saturated rings. The molecule has 0 amide bonds. The van der Waals surface area contributed by atoms with Crippen LogP contribution in [-0.4, -0.2) is 11.2 Å². The Balaban J connectivity index is 2.97. The Labute approximate surface area is 98.5 Å². The first-order chi connectivity index (χ1) is 7.23. The number of rotatable bonds is 2. The van der Waals surface area contributed by atoms with E-state index in [0.717, 1.165) is 5.56 Å². The topological polar surface area (TPSA) is 46.2 Å². The SMILES string of the molecule is Cc1ccc([C@@H](N)[C@@H](O)C(C)(C)C)cc1C. The summed E-state index contributed by atoms with van der Waals surface area (Å²) >= 11 is 0. The fraction of sp³-hybridized carbons (Fsp3) is 0.571. The van der Waals surface area contributed by atoms with Gasteiger partial charge in [-0.05, 0) is 36.0 Å². The van der Waals surface area contributed by atoms with Crippen LogP contribution < -0.4 is 5.73 Å². The fourth-order valence-corrected chi connectivity index (χ4v) is 1.69. The van der Waals surface area contributed by atoms with Gasteiger partial charge in [-0.1, -0.05) is 39.0 Å². The molecule has 2 heteroatoms. The Hall–Kier alpha value is -0.860. The standard InChI is InChI=1S/C14H23NO/c1-9-6-7-11(8-10(9)2)12(15)13(16)14(3,4)5/h6-8,12-13,16H,15H2,1-5H3/t12-,13-/m1/s1. The molecule has 1 aromatic rings. The number of aryl methyl sites for hydroxylation is 2. The molecule has 90 valence electrons. The third-order valence-electron chi connectivity index (χ3n) is 3.14. The lowest BCUT2D eigenvalue weighted by Gasteiger charge is -2.31. The molecule has 0 radical (unpaired) electrons. The third-order valence-corrected chi connectivity index (χ3v) is 3.14. The number of benzene rings is 1. The molecule has 0 unspecified atom stereocenters. The summed E-state index contributed by atoms with van der Waals surface area (Å²) in [4.78, 5) is 0. The van der Waals surface area contributed by atoms with Crippen molar-refractivity contribution >= 4 is 0 Å². The maximum absolute atomic E-state index is 10.1. The first-order valence-corrected chi connectivity index (χ1v) is 5.74. The minimum absolute atomic E-state index is 0.196. The molecule has 2 atom stereocenters. The molecule has 1 rings (SSSR count). The highest BCUT2D eigenvalue weighted by Crippen LogP contribution is 2.29. The molecule has 0 saturated heterocycles. The van der Waals surface area contributed by atoms with E-state index in [2.05, 4.69) is 26.0 Å². The lowest BCUT2D eigenvalue weighted by molar-refractivity contribution is 0.0401. The monoisotopic (exact) mass is 221 g/mol. The normalized spacial score (nSPS) is 15.9. The predicted octanol–water partition coefficient (Wildman–Crippen LogP) is 2.71. The molecule has 16 heavy (non-hydrogen) atoms. The first-order valence-electron chi connectivity index (χ1n) is 5.74. The maximum Gasteiger partial charge on any atom is 0.0780 e. The summed E-state index contributed by atoms with van der Waals surface area (Å²) in [5, 5.41) is 10.1. The van der Waals surface area contributed by atoms with Gasteiger partial charge in [0.1, 0.15) is 0 Å². The molecule has 1 aromatic carbocycles. The van der Waals surface area contributed by atoms with Crippen LogP contribution >= 0.6 is 0 Å². The summed E-state index contributed by atoms with van der Waals surface area (Å²) in [5.41, 5.74) is 9.37. The molecule has 0 aromatic heterocycles. The van der Waals surface area contributed by atoms with Crippen molar-refractivity contribution in [2.75, 3.05) is 0 Å². The number of nitrogens with two attached hydrogens (primary N) is 1. The second-order valence-corrected chi connectivity index (χ2v) is 5.68. The summed E-state index contributed by atoms with van der Waals surface area (Å²) in [6.07, 6.45) is -0.533. The number of hydrogen-bond acceptors (Lipinski definition) is 2. The van der Waals surface area contributed by atoms with Crippen LogP contribution in [0.25, 0.3) is 0 Å². The Morgan fingerprint density at radius 3 is 2.12 bits per heavy atom. The molecule has 2 nitrogen and oxygen atoms in total. The van der Waals surface area contributed by atoms with Gasteiger partial charge < -0.3 is 10.8 Å². The molecule has 0 spiro atoms. The van der Waals surface area contributed by atoms with Crippen molar-refractivity contribution in [1.82, 2.24) is 0 Å². The average Bonchev–Trinajstić information content (AvgIpc) is 2.18. The van der Waals surface area contributed by atoms with Crippen molar-refractivity contribution in [3.63, 3.8) is 0 Å². The van der Waals surface area contributed by atoms with Gasteiger partial charge in [-0.15, -0.1) is 0 Å². The number of hydrogen-bond donors (Lipinski definition) is 2. The first kappa shape index (κ1) is 13.2. The minimum atomic E-state index is -0.533. The summed E-state index contributed by atoms with van der Waals surface area (Å²) in [7, 11) is 0. The van der Waals surface area contributed by atoms with Crippen molar-refractivity contribution in [3.8, 4) is 0 Å². The minimum Gasteiger partial charge on any atom is -0.391 e. The van der Waals surface area contributed by atoms with Gasteiger partial charge in [0.25, 0.3) is 0 Å². The van der Waals surface area contributed by atoms with Crippen molar-refractivity contribution in [3.05, 3.63) is 34.9 Å². The van der Waals surface area contributed by atoms with E-state index in [-0.39, 0.29) is 11.5 Å². The van der Waals surface area contributed by atoms with Crippen molar-refractivity contribution in [2.45, 2.75) is 46.8 Å². The van der Waals surface area contributed by atoms with Crippen molar-refractivity contribution in [2.24, 2.45) is 11.1 Å². The molecule has 3 N–H and O–H groups in total. The summed E-state index contributed by atoms with van der Waals surface area (Å²) in [5.74, 6) is 0. The van der Waals surface area contributed by atoms with E-state index in [9.17, 15) is 5.11 Å². The average molecular weight is 221 g/mol. The number of aliphatic hydroxyl groups excluding tert-OH is 1. The van der Waals surface area contributed by atoms with Crippen LogP contribution in [0.15, 0.2) is 18.2 Å². The summed E-state index contributed by atoms with van der Waals surface area (Å²) in [6.45, 7) is 10.1. The smallest absolute Gasteiger partial charge is 0.0780 e. The van der Waals surface area contributed by atoms with Gasteiger partial charge in [0, 0.05) is 0 Å². The van der Waals surface area contributed by atoms with Gasteiger partial charge in [0.05, 0.1) is 12.1 Å². The second kappa shape index (κ2) is 4.56. The van der Waals surface area contributed by atoms with Crippen molar-refractivity contribution < 1.29 is 5.11 Å². The zero-order chi connectivity index (χ0) is 12.5. The van der Waals surface area contributed by atoms with Gasteiger partial charge in [-0.25, -0.2) is 0 Å². The molecule has 0 aliphatic rings. The molecular weight excluding hydrogens is 198 g/mol. The van der Waals surface area contributed by atoms with E-state index >= 15 is 0 Å². The lowest BCUT2D eigenvalue weighted by atomic mass is 9.82. The zero-order valence-electron chi connectivity index (χ0n) is 10.9. The van der Waals surface area contributed by atoms with E-state index < -0.39 is 6.10 Å². The highest BCUT2D eigenvalue weighted by Gasteiger charge is 2.28. The van der Waals surface area contributed by atoms with Crippen LogP contribution in [0, 0.1) is 19.3 Å². The molecule has 0 bridgehead atoms. The molecule has 0 aliphatic carbocycles. The molecule has 0 aliphatic heterocycles. The fourth-order valence-electron chi connectivity index (χ4n) is 1.69. The van der Waals surface area contributed by atoms with Crippen LogP contribution in [0.2, 0.25) is 0 Å². The van der Waals surface area contributed by atoms with Crippen molar-refractivity contribution in [1.29, 1.82) is 0 Å². The van der Waals surface area contributed by atoms with Crippen LogP contribution in [0.3, 0.4) is 0 Å². The Kier molecular flexibility index (Phi) is 3.76. The number of aliphatic hydroxyl groups is 1. The van der Waals surface area contributed by atoms with Gasteiger partial charge in [0.2, 0.25) is 0 Å². The van der Waals surface area contributed by atoms with E-state index in [1.165, 1.54) is 11.1 Å². The van der Waals surface area contributed by atoms with E-state index in [1.54, 1.807) is 0 Å². The summed E-state index contributed by atoms with van der Waals surface area (Å²) < 4.78 is 0. The zero-order valence-corrected chi connectivity index (χ0v) is 10.9. The Morgan fingerprint density at radius 1 is 1.12 bits per heavy atom. The van der Waals surface area contributed by atoms with E-state index in [4.69, 9.17) is 5.73 Å². The van der Waals surface area contributed by atoms with Crippen LogP contribution in [0.5, 0.6) is 0 Å². The van der Waals surface area contributed by atoms with Crippen LogP contribution in [0.4, 0.5) is 0 Å². The van der Waals surface area contributed by atoms with Gasteiger partial charge in [-0.2, -0.15) is 0 Å². The third kappa shape index (κ3) is 2.83. The van der Waals surface area contributed by atoms with Gasteiger partial charge in [0.15, 0.2) is 0 Å². The molecule has 0 saturated carbocycles. The van der Waals surface area contributed by atoms with Gasteiger partial charge >= 0.3 is 0 Å². The van der Waals surface area contributed by atoms with Crippen LogP contribution in [-0.2, 0) is 0 Å². The quantitative estimate of drug-likeness (QED) is 0.806. The maximum atomic E-state index is 10.1. The largest absolute Gasteiger partial charge is 0.391 e.